The van der Waals surface area contributed by atoms with E-state index < -0.39 is 5.66 Å². The van der Waals surface area contributed by atoms with Crippen molar-refractivity contribution >= 4 is 23.4 Å². The summed E-state index contributed by atoms with van der Waals surface area (Å²) in [7, 11) is 0. The Morgan fingerprint density at radius 3 is 2.42 bits per heavy atom. The van der Waals surface area contributed by atoms with Crippen LogP contribution in [-0.4, -0.2) is 77.4 Å². The predicted molar refractivity (Wildman–Crippen MR) is 127 cm³/mol. The molecular formula is C26H36N4O3. The molecule has 1 aromatic rings. The van der Waals surface area contributed by atoms with E-state index in [1.165, 1.54) is 38.8 Å². The minimum absolute atomic E-state index is 0.00326. The van der Waals surface area contributed by atoms with E-state index in [9.17, 15) is 14.4 Å². The number of likely N-dealkylation sites (tertiary alicyclic amines) is 2. The van der Waals surface area contributed by atoms with Gasteiger partial charge >= 0.3 is 0 Å². The van der Waals surface area contributed by atoms with Crippen molar-refractivity contribution in [2.75, 3.05) is 44.2 Å². The van der Waals surface area contributed by atoms with Gasteiger partial charge in [0.15, 0.2) is 0 Å². The molecule has 1 aromatic carbocycles. The van der Waals surface area contributed by atoms with Crippen LogP contribution in [0.2, 0.25) is 0 Å². The molecule has 4 aliphatic rings. The second-order valence-corrected chi connectivity index (χ2v) is 10.4. The molecule has 3 amide bonds. The van der Waals surface area contributed by atoms with Crippen LogP contribution in [0.25, 0.3) is 0 Å². The lowest BCUT2D eigenvalue weighted by molar-refractivity contribution is -0.135. The number of hydrogen-bond acceptors (Lipinski definition) is 4. The van der Waals surface area contributed by atoms with Crippen LogP contribution in [0.1, 0.15) is 68.6 Å². The zero-order valence-electron chi connectivity index (χ0n) is 19.8. The molecule has 0 aliphatic carbocycles. The van der Waals surface area contributed by atoms with Crippen LogP contribution >= 0.6 is 0 Å². The number of benzene rings is 1. The first-order valence-electron chi connectivity index (χ1n) is 12.7. The van der Waals surface area contributed by atoms with E-state index in [1.54, 1.807) is 15.9 Å². The van der Waals surface area contributed by atoms with Gasteiger partial charge in [-0.15, -0.1) is 0 Å². The van der Waals surface area contributed by atoms with Gasteiger partial charge in [0.25, 0.3) is 5.91 Å². The molecule has 0 saturated carbocycles. The number of hydrogen-bond donors (Lipinski definition) is 0. The first-order valence-corrected chi connectivity index (χ1v) is 12.7. The van der Waals surface area contributed by atoms with Crippen LogP contribution in [0.15, 0.2) is 24.3 Å². The lowest BCUT2D eigenvalue weighted by Crippen LogP contribution is -2.64. The molecule has 4 heterocycles. The third kappa shape index (κ3) is 4.16. The van der Waals surface area contributed by atoms with E-state index in [4.69, 9.17) is 0 Å². The van der Waals surface area contributed by atoms with Crippen molar-refractivity contribution in [3.63, 3.8) is 0 Å². The molecule has 4 aliphatic heterocycles. The molecule has 1 atom stereocenters. The number of rotatable bonds is 4. The molecule has 7 nitrogen and oxygen atoms in total. The van der Waals surface area contributed by atoms with Gasteiger partial charge < -0.3 is 14.7 Å². The molecule has 3 saturated heterocycles. The van der Waals surface area contributed by atoms with Gasteiger partial charge in [-0.3, -0.25) is 19.3 Å². The van der Waals surface area contributed by atoms with Gasteiger partial charge in [-0.05, 0) is 70.2 Å². The molecule has 0 spiro atoms. The highest BCUT2D eigenvalue weighted by atomic mass is 16.2. The van der Waals surface area contributed by atoms with E-state index >= 15 is 0 Å². The molecule has 0 N–H and O–H groups in total. The van der Waals surface area contributed by atoms with E-state index in [1.807, 2.05) is 30.0 Å². The predicted octanol–water partition coefficient (Wildman–Crippen LogP) is 3.10. The topological polar surface area (TPSA) is 64.2 Å². The molecule has 0 bridgehead atoms. The van der Waals surface area contributed by atoms with Crippen molar-refractivity contribution in [3.8, 4) is 0 Å². The van der Waals surface area contributed by atoms with Gasteiger partial charge in [0.2, 0.25) is 11.8 Å². The Bertz CT molecular complexity index is 918. The van der Waals surface area contributed by atoms with E-state index in [2.05, 4.69) is 4.90 Å². The number of amides is 3. The highest BCUT2D eigenvalue weighted by Gasteiger charge is 2.53. The number of carbonyl (C=O) groups excluding carboxylic acids is 3. The van der Waals surface area contributed by atoms with Gasteiger partial charge in [0.05, 0.1) is 11.3 Å². The number of fused-ring (bicyclic) bond motifs is 3. The van der Waals surface area contributed by atoms with Gasteiger partial charge in [0, 0.05) is 26.1 Å². The molecule has 0 radical (unpaired) electrons. The smallest absolute Gasteiger partial charge is 0.258 e. The number of piperidine rings is 1. The lowest BCUT2D eigenvalue weighted by Gasteiger charge is -2.49. The van der Waals surface area contributed by atoms with Crippen molar-refractivity contribution in [2.24, 2.45) is 5.92 Å². The third-order valence-electron chi connectivity index (χ3n) is 8.22. The average molecular weight is 453 g/mol. The van der Waals surface area contributed by atoms with E-state index in [0.717, 1.165) is 32.5 Å². The molecule has 0 aromatic heterocycles. The number of carbonyl (C=O) groups is 3. The maximum Gasteiger partial charge on any atom is 0.258 e. The summed E-state index contributed by atoms with van der Waals surface area (Å²) in [4.78, 5) is 47.4. The van der Waals surface area contributed by atoms with Crippen molar-refractivity contribution in [1.29, 1.82) is 0 Å². The SMILES string of the molecule is CC12CCC(=O)N1c1ccccc1C(=O)N2CC(=O)N1CCC(CN2CCCCCC2)CC1. The fourth-order valence-electron chi connectivity index (χ4n) is 6.23. The maximum atomic E-state index is 13.4. The number of nitrogens with zero attached hydrogens (tertiary/aromatic N) is 4. The highest BCUT2D eigenvalue weighted by Crippen LogP contribution is 2.43. The normalized spacial score (nSPS) is 26.9. The first-order chi connectivity index (χ1) is 16.0. The van der Waals surface area contributed by atoms with Gasteiger partial charge in [0.1, 0.15) is 12.2 Å². The summed E-state index contributed by atoms with van der Waals surface area (Å²) in [5.41, 5.74) is 0.406. The Kier molecular flexibility index (Phi) is 6.16. The molecule has 33 heavy (non-hydrogen) atoms. The van der Waals surface area contributed by atoms with Gasteiger partial charge in [-0.1, -0.05) is 25.0 Å². The van der Waals surface area contributed by atoms with Crippen molar-refractivity contribution in [2.45, 2.75) is 64.0 Å². The van der Waals surface area contributed by atoms with E-state index in [0.29, 0.717) is 30.0 Å². The monoisotopic (exact) mass is 452 g/mol. The fraction of sp³-hybridized carbons (Fsp3) is 0.654. The molecule has 1 unspecified atom stereocenters. The summed E-state index contributed by atoms with van der Waals surface area (Å²) in [5, 5.41) is 0. The van der Waals surface area contributed by atoms with Gasteiger partial charge in [-0.2, -0.15) is 0 Å². The van der Waals surface area contributed by atoms with Crippen LogP contribution in [0.4, 0.5) is 5.69 Å². The van der Waals surface area contributed by atoms with Crippen LogP contribution in [-0.2, 0) is 9.59 Å². The summed E-state index contributed by atoms with van der Waals surface area (Å²) >= 11 is 0. The van der Waals surface area contributed by atoms with Crippen molar-refractivity contribution in [1.82, 2.24) is 14.7 Å². The molecule has 3 fully saturated rings. The fourth-order valence-corrected chi connectivity index (χ4v) is 6.23. The minimum atomic E-state index is -0.775. The largest absolute Gasteiger partial charge is 0.341 e. The van der Waals surface area contributed by atoms with Gasteiger partial charge in [-0.25, -0.2) is 0 Å². The van der Waals surface area contributed by atoms with Crippen LogP contribution in [0.3, 0.4) is 0 Å². The van der Waals surface area contributed by atoms with Crippen LogP contribution in [0, 0.1) is 5.92 Å². The minimum Gasteiger partial charge on any atom is -0.341 e. The van der Waals surface area contributed by atoms with Crippen LogP contribution in [0.5, 0.6) is 0 Å². The summed E-state index contributed by atoms with van der Waals surface area (Å²) in [5.74, 6) is 0.514. The third-order valence-corrected chi connectivity index (χ3v) is 8.22. The Morgan fingerprint density at radius 1 is 1.00 bits per heavy atom. The Labute approximate surface area is 196 Å². The standard InChI is InChI=1S/C26H36N4O3/c1-26-13-10-23(31)30(26)22-9-5-4-8-21(22)25(33)29(26)19-24(32)28-16-11-20(12-17-28)18-27-14-6-2-3-7-15-27/h4-5,8-9,20H,2-3,6-7,10-19H2,1H3. The highest BCUT2D eigenvalue weighted by molar-refractivity contribution is 6.11. The molecule has 5 rings (SSSR count). The summed E-state index contributed by atoms with van der Waals surface area (Å²) in [6.45, 7) is 7.05. The summed E-state index contributed by atoms with van der Waals surface area (Å²) in [6, 6.07) is 7.27. The number of anilines is 1. The zero-order valence-corrected chi connectivity index (χ0v) is 19.8. The Morgan fingerprint density at radius 2 is 1.70 bits per heavy atom. The lowest BCUT2D eigenvalue weighted by atomic mass is 9.95. The average Bonchev–Trinajstić information content (AvgIpc) is 2.98. The Balaban J connectivity index is 1.24. The van der Waals surface area contributed by atoms with Crippen molar-refractivity contribution in [3.05, 3.63) is 29.8 Å². The second kappa shape index (κ2) is 9.09. The first kappa shape index (κ1) is 22.4. The summed E-state index contributed by atoms with van der Waals surface area (Å²) in [6.07, 6.45) is 8.32. The summed E-state index contributed by atoms with van der Waals surface area (Å²) < 4.78 is 0. The Hall–Kier alpha value is -2.41. The van der Waals surface area contributed by atoms with E-state index in [-0.39, 0.29) is 24.3 Å². The van der Waals surface area contributed by atoms with Crippen LogP contribution < -0.4 is 4.90 Å². The number of para-hydroxylation sites is 1. The molecule has 7 heteroatoms. The second-order valence-electron chi connectivity index (χ2n) is 10.4. The quantitative estimate of drug-likeness (QED) is 0.704. The molecular weight excluding hydrogens is 416 g/mol. The van der Waals surface area contributed by atoms with Crippen molar-refractivity contribution < 1.29 is 14.4 Å². The molecule has 178 valence electrons. The maximum absolute atomic E-state index is 13.4. The zero-order chi connectivity index (χ0) is 23.0.